The van der Waals surface area contributed by atoms with Crippen LogP contribution in [0.25, 0.3) is 10.9 Å². The van der Waals surface area contributed by atoms with Crippen molar-refractivity contribution >= 4 is 28.6 Å². The van der Waals surface area contributed by atoms with Gasteiger partial charge in [-0.1, -0.05) is 32.8 Å². The number of nitriles is 1. The number of hydrogen-bond acceptors (Lipinski definition) is 5. The molecule has 1 aromatic heterocycles. The normalized spacial score (nSPS) is 30.1. The quantitative estimate of drug-likeness (QED) is 0.472. The van der Waals surface area contributed by atoms with Crippen LogP contribution in [0.2, 0.25) is 0 Å². The van der Waals surface area contributed by atoms with Gasteiger partial charge in [0.25, 0.3) is 5.91 Å². The van der Waals surface area contributed by atoms with Gasteiger partial charge in [-0.3, -0.25) is 14.4 Å². The van der Waals surface area contributed by atoms with E-state index in [1.807, 2.05) is 32.0 Å². The fourth-order valence-electron chi connectivity index (χ4n) is 6.19. The van der Waals surface area contributed by atoms with Gasteiger partial charge in [-0.05, 0) is 48.8 Å². The van der Waals surface area contributed by atoms with Gasteiger partial charge in [0.05, 0.1) is 13.2 Å². The summed E-state index contributed by atoms with van der Waals surface area (Å²) in [4.78, 5) is 42.5. The average Bonchev–Trinajstić information content (AvgIpc) is 3.42. The third-order valence-corrected chi connectivity index (χ3v) is 8.49. The standard InChI is InChI=1S/C27H33N5O4/c1-14-11-27(13-28,15(2)23-18(14)12-29-26(23)35)32-25(34)20(9-16-7-8-16)31-24(33)21-10-17-19(30-21)5-4-6-22(17)36-3/h4-6,10,14-16,18,20,23,30H,7-9,11-12H2,1-3H3,(H,29,35)(H,31,33)(H,32,34)/t14-,15-,18-,20-,23+,27+/m0/s1. The second-order valence-corrected chi connectivity index (χ2v) is 10.8. The lowest BCUT2D eigenvalue weighted by Crippen LogP contribution is -2.63. The molecule has 9 heteroatoms. The number of rotatable bonds is 7. The number of amides is 3. The van der Waals surface area contributed by atoms with E-state index >= 15 is 0 Å². The molecule has 2 aromatic rings. The fourth-order valence-corrected chi connectivity index (χ4v) is 6.19. The number of methoxy groups -OCH3 is 1. The van der Waals surface area contributed by atoms with E-state index < -0.39 is 11.6 Å². The lowest BCUT2D eigenvalue weighted by molar-refractivity contribution is -0.131. The second-order valence-electron chi connectivity index (χ2n) is 10.8. The van der Waals surface area contributed by atoms with Gasteiger partial charge in [-0.15, -0.1) is 0 Å². The maximum absolute atomic E-state index is 13.6. The smallest absolute Gasteiger partial charge is 0.268 e. The van der Waals surface area contributed by atoms with Crippen LogP contribution in [-0.2, 0) is 9.59 Å². The second kappa shape index (κ2) is 9.16. The first-order valence-electron chi connectivity index (χ1n) is 12.7. The summed E-state index contributed by atoms with van der Waals surface area (Å²) in [5, 5.41) is 19.9. The molecule has 5 rings (SSSR count). The number of H-pyrrole nitrogens is 1. The molecule has 1 aliphatic heterocycles. The molecule has 1 saturated heterocycles. The van der Waals surface area contributed by atoms with Crippen LogP contribution in [0.3, 0.4) is 0 Å². The minimum absolute atomic E-state index is 0.0509. The lowest BCUT2D eigenvalue weighted by Gasteiger charge is -2.46. The van der Waals surface area contributed by atoms with Gasteiger partial charge in [-0.2, -0.15) is 5.26 Å². The number of nitrogens with zero attached hydrogens (tertiary/aromatic N) is 1. The Labute approximate surface area is 210 Å². The van der Waals surface area contributed by atoms with Gasteiger partial charge in [0.1, 0.15) is 23.0 Å². The number of ether oxygens (including phenoxy) is 1. The van der Waals surface area contributed by atoms with Crippen molar-refractivity contribution in [2.75, 3.05) is 13.7 Å². The third kappa shape index (κ3) is 4.19. The molecule has 36 heavy (non-hydrogen) atoms. The van der Waals surface area contributed by atoms with Crippen LogP contribution >= 0.6 is 0 Å². The van der Waals surface area contributed by atoms with Crippen molar-refractivity contribution in [3.05, 3.63) is 30.0 Å². The summed E-state index contributed by atoms with van der Waals surface area (Å²) in [6.45, 7) is 4.53. The molecule has 3 amide bonds. The van der Waals surface area contributed by atoms with Crippen molar-refractivity contribution in [3.63, 3.8) is 0 Å². The Morgan fingerprint density at radius 2 is 2.08 bits per heavy atom. The Morgan fingerprint density at radius 1 is 1.31 bits per heavy atom. The van der Waals surface area contributed by atoms with E-state index in [9.17, 15) is 19.6 Å². The van der Waals surface area contributed by atoms with Crippen LogP contribution in [0.1, 0.15) is 50.0 Å². The van der Waals surface area contributed by atoms with Gasteiger partial charge in [0.15, 0.2) is 0 Å². The molecule has 0 radical (unpaired) electrons. The first-order chi connectivity index (χ1) is 17.3. The number of carbonyl (C=O) groups excluding carboxylic acids is 3. The summed E-state index contributed by atoms with van der Waals surface area (Å²) in [6.07, 6.45) is 3.02. The molecule has 2 heterocycles. The Morgan fingerprint density at radius 3 is 2.78 bits per heavy atom. The summed E-state index contributed by atoms with van der Waals surface area (Å²) < 4.78 is 5.39. The Kier molecular flexibility index (Phi) is 6.15. The highest BCUT2D eigenvalue weighted by Gasteiger charge is 2.56. The van der Waals surface area contributed by atoms with Crippen molar-refractivity contribution < 1.29 is 19.1 Å². The SMILES string of the molecule is COc1cccc2[nH]c(C(=O)N[C@@H](CC3CC3)C(=O)N[C@@]3(C#N)C[C@H](C)[C@@H]4CNC(=O)[C@@H]4[C@@H]3C)cc12. The molecule has 190 valence electrons. The molecule has 4 N–H and O–H groups in total. The molecular formula is C27H33N5O4. The maximum atomic E-state index is 13.6. The van der Waals surface area contributed by atoms with Crippen LogP contribution in [-0.4, -0.2) is 47.9 Å². The van der Waals surface area contributed by atoms with E-state index in [-0.39, 0.29) is 41.4 Å². The predicted octanol–water partition coefficient (Wildman–Crippen LogP) is 2.49. The van der Waals surface area contributed by atoms with Gasteiger partial charge < -0.3 is 25.7 Å². The van der Waals surface area contributed by atoms with E-state index in [1.165, 1.54) is 0 Å². The minimum Gasteiger partial charge on any atom is -0.496 e. The van der Waals surface area contributed by atoms with Crippen LogP contribution in [0.4, 0.5) is 0 Å². The first kappa shape index (κ1) is 24.2. The van der Waals surface area contributed by atoms with E-state index in [0.29, 0.717) is 36.7 Å². The third-order valence-electron chi connectivity index (χ3n) is 8.49. The Balaban J connectivity index is 1.36. The zero-order chi connectivity index (χ0) is 25.6. The number of aromatic amines is 1. The number of fused-ring (bicyclic) bond motifs is 2. The van der Waals surface area contributed by atoms with E-state index in [0.717, 1.165) is 23.7 Å². The molecule has 0 unspecified atom stereocenters. The Bertz CT molecular complexity index is 1240. The summed E-state index contributed by atoms with van der Waals surface area (Å²) >= 11 is 0. The first-order valence-corrected chi connectivity index (χ1v) is 12.7. The summed E-state index contributed by atoms with van der Waals surface area (Å²) in [5.41, 5.74) is -0.0656. The van der Waals surface area contributed by atoms with Crippen LogP contribution in [0.15, 0.2) is 24.3 Å². The number of benzene rings is 1. The van der Waals surface area contributed by atoms with Crippen LogP contribution < -0.4 is 20.7 Å². The molecule has 2 aliphatic carbocycles. The van der Waals surface area contributed by atoms with E-state index in [1.54, 1.807) is 13.2 Å². The van der Waals surface area contributed by atoms with Crippen molar-refractivity contribution in [2.24, 2.45) is 29.6 Å². The monoisotopic (exact) mass is 491 g/mol. The van der Waals surface area contributed by atoms with E-state index in [4.69, 9.17) is 4.74 Å². The largest absolute Gasteiger partial charge is 0.496 e. The number of aromatic nitrogens is 1. The number of carbonyl (C=O) groups is 3. The fraction of sp³-hybridized carbons (Fsp3) is 0.556. The molecule has 3 aliphatic rings. The topological polar surface area (TPSA) is 136 Å². The van der Waals surface area contributed by atoms with Gasteiger partial charge >= 0.3 is 0 Å². The zero-order valence-electron chi connectivity index (χ0n) is 20.9. The number of nitrogens with one attached hydrogen (secondary N) is 4. The van der Waals surface area contributed by atoms with Gasteiger partial charge in [0, 0.05) is 29.3 Å². The number of hydrogen-bond donors (Lipinski definition) is 4. The van der Waals surface area contributed by atoms with Gasteiger partial charge in [-0.25, -0.2) is 0 Å². The highest BCUT2D eigenvalue weighted by Crippen LogP contribution is 2.46. The summed E-state index contributed by atoms with van der Waals surface area (Å²) in [6, 6.07) is 8.82. The summed E-state index contributed by atoms with van der Waals surface area (Å²) in [5.74, 6) is -0.183. The van der Waals surface area contributed by atoms with E-state index in [2.05, 4.69) is 27.0 Å². The maximum Gasteiger partial charge on any atom is 0.268 e. The Hall–Kier alpha value is -3.54. The zero-order valence-corrected chi connectivity index (χ0v) is 20.9. The van der Waals surface area contributed by atoms with Crippen molar-refractivity contribution in [1.29, 1.82) is 5.26 Å². The highest BCUT2D eigenvalue weighted by atomic mass is 16.5. The van der Waals surface area contributed by atoms with Gasteiger partial charge in [0.2, 0.25) is 11.8 Å². The average molecular weight is 492 g/mol. The molecule has 9 nitrogen and oxygen atoms in total. The molecule has 0 spiro atoms. The molecule has 1 aromatic carbocycles. The molecule has 3 fully saturated rings. The van der Waals surface area contributed by atoms with Crippen molar-refractivity contribution in [3.8, 4) is 11.8 Å². The van der Waals surface area contributed by atoms with Crippen molar-refractivity contribution in [1.82, 2.24) is 20.9 Å². The minimum atomic E-state index is -1.17. The van der Waals surface area contributed by atoms with Crippen LogP contribution in [0.5, 0.6) is 5.75 Å². The summed E-state index contributed by atoms with van der Waals surface area (Å²) in [7, 11) is 1.58. The molecule has 0 bridgehead atoms. The highest BCUT2D eigenvalue weighted by molar-refractivity contribution is 6.01. The molecule has 2 saturated carbocycles. The van der Waals surface area contributed by atoms with Crippen LogP contribution in [0, 0.1) is 40.9 Å². The lowest BCUT2D eigenvalue weighted by atomic mass is 9.60. The van der Waals surface area contributed by atoms with Crippen molar-refractivity contribution in [2.45, 2.75) is 51.1 Å². The molecular weight excluding hydrogens is 458 g/mol. The molecule has 6 atom stereocenters. The predicted molar refractivity (Wildman–Crippen MR) is 133 cm³/mol.